The Morgan fingerprint density at radius 2 is 1.06 bits per heavy atom. The van der Waals surface area contributed by atoms with Crippen LogP contribution in [0.2, 0.25) is 0 Å². The van der Waals surface area contributed by atoms with Gasteiger partial charge in [0.25, 0.3) is 0 Å². The second-order valence-corrected chi connectivity index (χ2v) is 18.1. The van der Waals surface area contributed by atoms with E-state index in [0.717, 1.165) is 61.2 Å². The monoisotopic (exact) mass is 880 g/mol. The topological polar surface area (TPSA) is 27.7 Å². The quantitative estimate of drug-likeness (QED) is 0.113. The molecule has 0 N–H and O–H groups in total. The van der Waals surface area contributed by atoms with Gasteiger partial charge in [0.05, 0.1) is 22.2 Å². The molecule has 0 saturated heterocycles. The number of rotatable bonds is 13. The van der Waals surface area contributed by atoms with Crippen molar-refractivity contribution in [3.63, 3.8) is 0 Å². The molecule has 0 amide bonds. The number of fused-ring (bicyclic) bond motifs is 5. The number of benzene rings is 6. The molecule has 4 heteroatoms. The summed E-state index contributed by atoms with van der Waals surface area (Å²) >= 11 is 0. The van der Waals surface area contributed by atoms with E-state index >= 15 is 0 Å². The molecule has 1 aliphatic rings. The summed E-state index contributed by atoms with van der Waals surface area (Å²) < 4.78 is 7.19. The number of pyridine rings is 1. The van der Waals surface area contributed by atoms with Crippen LogP contribution in [0.15, 0.2) is 183 Å². The predicted octanol–water partition coefficient (Wildman–Crippen LogP) is 15.9. The third kappa shape index (κ3) is 7.76. The maximum absolute atomic E-state index is 4.46. The van der Waals surface area contributed by atoms with Gasteiger partial charge in [0.2, 0.25) is 0 Å². The van der Waals surface area contributed by atoms with Crippen LogP contribution in [-0.2, 0) is 32.1 Å². The lowest BCUT2D eigenvalue weighted by molar-refractivity contribution is 0.945. The average molecular weight is 881 g/mol. The van der Waals surface area contributed by atoms with E-state index in [1.807, 2.05) is 18.5 Å². The number of nitrogens with zero attached hydrogens (tertiary/aromatic N) is 4. The normalized spacial score (nSPS) is 12.6. The molecule has 0 saturated carbocycles. The van der Waals surface area contributed by atoms with Gasteiger partial charge in [-0.3, -0.25) is 4.98 Å². The van der Waals surface area contributed by atoms with Crippen LogP contribution >= 0.6 is 0 Å². The van der Waals surface area contributed by atoms with Gasteiger partial charge >= 0.3 is 0 Å². The Balaban J connectivity index is 0.924. The maximum atomic E-state index is 4.46. The van der Waals surface area contributed by atoms with Crippen molar-refractivity contribution in [1.82, 2.24) is 18.7 Å². The summed E-state index contributed by atoms with van der Waals surface area (Å²) in [6.45, 7) is 10.7. The van der Waals surface area contributed by atoms with Crippen molar-refractivity contribution in [3.8, 4) is 17.1 Å². The second kappa shape index (κ2) is 18.4. The first-order valence-corrected chi connectivity index (χ1v) is 24.2. The zero-order chi connectivity index (χ0) is 46.1. The van der Waals surface area contributed by atoms with Crippen LogP contribution in [0.4, 0.5) is 0 Å². The van der Waals surface area contributed by atoms with Gasteiger partial charge in [0, 0.05) is 62.6 Å². The van der Waals surface area contributed by atoms with Crippen LogP contribution < -0.4 is 0 Å². The van der Waals surface area contributed by atoms with E-state index in [2.05, 4.69) is 228 Å². The summed E-state index contributed by atoms with van der Waals surface area (Å²) in [6, 6.07) is 54.2. The van der Waals surface area contributed by atoms with Gasteiger partial charge < -0.3 is 13.7 Å². The first-order valence-electron chi connectivity index (χ1n) is 24.2. The summed E-state index contributed by atoms with van der Waals surface area (Å²) in [6.07, 6.45) is 25.1. The number of hydrogen-bond acceptors (Lipinski definition) is 1. The summed E-state index contributed by atoms with van der Waals surface area (Å²) in [5.41, 5.74) is 22.8. The number of aromatic nitrogens is 4. The van der Waals surface area contributed by atoms with E-state index in [4.69, 9.17) is 0 Å². The van der Waals surface area contributed by atoms with Crippen LogP contribution in [0.1, 0.15) is 94.3 Å². The van der Waals surface area contributed by atoms with Crippen molar-refractivity contribution in [3.05, 3.63) is 250 Å². The van der Waals surface area contributed by atoms with E-state index in [1.165, 1.54) is 94.3 Å². The van der Waals surface area contributed by atoms with Gasteiger partial charge in [-0.15, -0.1) is 0 Å². The minimum absolute atomic E-state index is 0.841. The lowest BCUT2D eigenvalue weighted by atomic mass is 9.94. The Bertz CT molecular complexity index is 3530. The van der Waals surface area contributed by atoms with Gasteiger partial charge in [0.1, 0.15) is 0 Å². The maximum Gasteiger partial charge on any atom is 0.0571 e. The lowest BCUT2D eigenvalue weighted by Crippen LogP contribution is -2.02. The van der Waals surface area contributed by atoms with Gasteiger partial charge in [-0.05, 0) is 170 Å². The number of allylic oxidation sites excluding steroid dienone is 3. The Morgan fingerprint density at radius 3 is 1.63 bits per heavy atom. The van der Waals surface area contributed by atoms with Crippen LogP contribution in [0.5, 0.6) is 0 Å². The van der Waals surface area contributed by atoms with Gasteiger partial charge in [-0.1, -0.05) is 129 Å². The van der Waals surface area contributed by atoms with Crippen molar-refractivity contribution < 1.29 is 0 Å². The molecule has 0 unspecified atom stereocenters. The highest BCUT2D eigenvalue weighted by atomic mass is 15.0. The zero-order valence-corrected chi connectivity index (χ0v) is 39.3. The standard InChI is InChI=1S/C64H56N4/c1-5-15-59-53(7-3)55-17-9-12-20-61(55)66(59)50-29-23-44(24-30-50)37-47-40-48(38-45-25-31-51(32-26-45)67-60(16-6-2)54(8-4)56-18-10-13-21-62(56)67)42-49(41-47)39-46-27-33-52(34-28-46)68-63-22-14-11-19-57(63)58-43-65-36-35-64(58)68/h5-7,9,11-17,19-36,40-43H,3,8,10,18,37-39H2,1-2,4H3/b15-5-,16-6-. The smallest absolute Gasteiger partial charge is 0.0571 e. The summed E-state index contributed by atoms with van der Waals surface area (Å²) in [5, 5.41) is 3.60. The molecule has 6 aromatic carbocycles. The van der Waals surface area contributed by atoms with Crippen molar-refractivity contribution in [2.75, 3.05) is 0 Å². The molecule has 10 aromatic rings. The van der Waals surface area contributed by atoms with Crippen molar-refractivity contribution in [1.29, 1.82) is 0 Å². The minimum Gasteiger partial charge on any atom is -0.310 e. The molecule has 4 nitrogen and oxygen atoms in total. The molecule has 4 heterocycles. The molecule has 4 aromatic heterocycles. The van der Waals surface area contributed by atoms with E-state index < -0.39 is 0 Å². The van der Waals surface area contributed by atoms with Gasteiger partial charge in [-0.2, -0.15) is 0 Å². The molecular weight excluding hydrogens is 825 g/mol. The predicted molar refractivity (Wildman–Crippen MR) is 289 cm³/mol. The molecule has 1 aliphatic carbocycles. The Morgan fingerprint density at radius 1 is 0.544 bits per heavy atom. The fourth-order valence-corrected chi connectivity index (χ4v) is 10.9. The molecule has 0 radical (unpaired) electrons. The van der Waals surface area contributed by atoms with Crippen LogP contribution in [0, 0.1) is 0 Å². The fraction of sp³-hybridized carbons (Fsp3) is 0.141. The third-order valence-corrected chi connectivity index (χ3v) is 13.9. The Kier molecular flexibility index (Phi) is 11.5. The fourth-order valence-electron chi connectivity index (χ4n) is 10.9. The molecule has 332 valence electrons. The number of para-hydroxylation sites is 2. The number of hydrogen-bond donors (Lipinski definition) is 0. The van der Waals surface area contributed by atoms with E-state index in [0.29, 0.717) is 0 Å². The van der Waals surface area contributed by atoms with Crippen molar-refractivity contribution >= 4 is 57.0 Å². The van der Waals surface area contributed by atoms with Crippen LogP contribution in [0.3, 0.4) is 0 Å². The lowest BCUT2D eigenvalue weighted by Gasteiger charge is -2.15. The Labute approximate surface area is 400 Å². The van der Waals surface area contributed by atoms with Crippen molar-refractivity contribution in [2.45, 2.75) is 59.3 Å². The second-order valence-electron chi connectivity index (χ2n) is 18.1. The van der Waals surface area contributed by atoms with E-state index in [9.17, 15) is 0 Å². The zero-order valence-electron chi connectivity index (χ0n) is 39.3. The average Bonchev–Trinajstić information content (AvgIpc) is 4.00. The highest BCUT2D eigenvalue weighted by Gasteiger charge is 2.22. The van der Waals surface area contributed by atoms with E-state index in [1.54, 1.807) is 0 Å². The largest absolute Gasteiger partial charge is 0.310 e. The van der Waals surface area contributed by atoms with E-state index in [-0.39, 0.29) is 0 Å². The molecule has 0 bridgehead atoms. The minimum atomic E-state index is 0.841. The van der Waals surface area contributed by atoms with Crippen molar-refractivity contribution in [2.24, 2.45) is 0 Å². The first kappa shape index (κ1) is 42.7. The molecule has 0 aliphatic heterocycles. The summed E-state index contributed by atoms with van der Waals surface area (Å²) in [7, 11) is 0. The Hall–Kier alpha value is -7.95. The first-order chi connectivity index (χ1) is 33.5. The van der Waals surface area contributed by atoms with Gasteiger partial charge in [0.15, 0.2) is 0 Å². The molecule has 0 atom stereocenters. The van der Waals surface area contributed by atoms with Crippen LogP contribution in [-0.4, -0.2) is 18.7 Å². The van der Waals surface area contributed by atoms with Gasteiger partial charge in [-0.25, -0.2) is 0 Å². The highest BCUT2D eigenvalue weighted by molar-refractivity contribution is 6.08. The highest BCUT2D eigenvalue weighted by Crippen LogP contribution is 2.36. The molecule has 0 spiro atoms. The summed E-state index contributed by atoms with van der Waals surface area (Å²) in [4.78, 5) is 4.46. The molecule has 0 fully saturated rings. The molecule has 68 heavy (non-hydrogen) atoms. The SMILES string of the molecule is C=Cc1c(/C=C\C)n(-c2ccc(Cc3cc(Cc4ccc(-n5c6c(c(CC)c5/C=C\C)CCC=C6)cc4)cc(Cc4ccc(-n5c6ccccc6c6cnccc65)cc4)c3)cc2)c2ccccc12. The van der Waals surface area contributed by atoms with Crippen LogP contribution in [0.25, 0.3) is 74.1 Å². The molecule has 11 rings (SSSR count). The third-order valence-electron chi connectivity index (χ3n) is 13.9. The molecular formula is C64H56N4. The summed E-state index contributed by atoms with van der Waals surface area (Å²) in [5.74, 6) is 0.